The van der Waals surface area contributed by atoms with E-state index in [1.807, 2.05) is 42.5 Å². The molecule has 0 aromatic heterocycles. The Bertz CT molecular complexity index is 985. The molecule has 0 aliphatic heterocycles. The summed E-state index contributed by atoms with van der Waals surface area (Å²) in [5, 5.41) is 5.69. The minimum Gasteiger partial charge on any atom is -0.496 e. The molecule has 6 nitrogen and oxygen atoms in total. The third-order valence-electron chi connectivity index (χ3n) is 4.19. The van der Waals surface area contributed by atoms with Crippen molar-refractivity contribution in [2.45, 2.75) is 4.90 Å². The molecule has 3 aromatic carbocycles. The second-order valence-electron chi connectivity index (χ2n) is 6.22. The Morgan fingerprint density at radius 1 is 0.767 bits per heavy atom. The topological polar surface area (TPSA) is 76.7 Å². The first-order chi connectivity index (χ1) is 14.6. The number of thioether (sulfide) groups is 1. The van der Waals surface area contributed by atoms with Gasteiger partial charge in [-0.25, -0.2) is 0 Å². The Kier molecular flexibility index (Phi) is 7.34. The van der Waals surface area contributed by atoms with Gasteiger partial charge >= 0.3 is 0 Å². The van der Waals surface area contributed by atoms with Crippen LogP contribution in [0.15, 0.2) is 77.7 Å². The fourth-order valence-corrected chi connectivity index (χ4v) is 3.47. The van der Waals surface area contributed by atoms with Crippen LogP contribution in [0.1, 0.15) is 10.4 Å². The van der Waals surface area contributed by atoms with E-state index in [9.17, 15) is 9.59 Å². The summed E-state index contributed by atoms with van der Waals surface area (Å²) in [6, 6.07) is 21.8. The van der Waals surface area contributed by atoms with Crippen molar-refractivity contribution in [2.75, 3.05) is 30.6 Å². The SMILES string of the molecule is COc1cccc(OC)c1C(=O)Nc1ccc(SCC(=O)Nc2ccccc2)cc1. The highest BCUT2D eigenvalue weighted by Gasteiger charge is 2.18. The van der Waals surface area contributed by atoms with Crippen LogP contribution >= 0.6 is 11.8 Å². The number of rotatable bonds is 8. The summed E-state index contributed by atoms with van der Waals surface area (Å²) in [5.74, 6) is 0.754. The third-order valence-corrected chi connectivity index (χ3v) is 5.21. The van der Waals surface area contributed by atoms with Gasteiger partial charge in [-0.05, 0) is 48.5 Å². The quantitative estimate of drug-likeness (QED) is 0.515. The van der Waals surface area contributed by atoms with Crippen molar-refractivity contribution in [3.8, 4) is 11.5 Å². The smallest absolute Gasteiger partial charge is 0.263 e. The molecule has 3 rings (SSSR count). The van der Waals surface area contributed by atoms with E-state index >= 15 is 0 Å². The molecule has 0 saturated heterocycles. The van der Waals surface area contributed by atoms with Gasteiger partial charge < -0.3 is 20.1 Å². The molecule has 0 aliphatic carbocycles. The van der Waals surface area contributed by atoms with Crippen LogP contribution in [0.4, 0.5) is 11.4 Å². The minimum atomic E-state index is -0.327. The number of nitrogens with one attached hydrogen (secondary N) is 2. The van der Waals surface area contributed by atoms with Gasteiger partial charge in [0.2, 0.25) is 5.91 Å². The summed E-state index contributed by atoms with van der Waals surface area (Å²) in [5.41, 5.74) is 1.73. The molecule has 0 spiro atoms. The molecule has 0 saturated carbocycles. The van der Waals surface area contributed by atoms with Crippen LogP contribution in [0, 0.1) is 0 Å². The number of amides is 2. The maximum Gasteiger partial charge on any atom is 0.263 e. The average molecular weight is 423 g/mol. The van der Waals surface area contributed by atoms with Crippen molar-refractivity contribution >= 4 is 35.0 Å². The molecular formula is C23H22N2O4S. The largest absolute Gasteiger partial charge is 0.496 e. The number of para-hydroxylation sites is 1. The summed E-state index contributed by atoms with van der Waals surface area (Å²) in [7, 11) is 3.01. The van der Waals surface area contributed by atoms with Crippen molar-refractivity contribution in [3.05, 3.63) is 78.4 Å². The standard InChI is InChI=1S/C23H22N2O4S/c1-28-19-9-6-10-20(29-2)22(19)23(27)25-17-11-13-18(14-12-17)30-15-21(26)24-16-7-4-3-5-8-16/h3-14H,15H2,1-2H3,(H,24,26)(H,25,27). The van der Waals surface area contributed by atoms with Gasteiger partial charge in [0.15, 0.2) is 0 Å². The number of anilines is 2. The monoisotopic (exact) mass is 422 g/mol. The van der Waals surface area contributed by atoms with E-state index in [1.165, 1.54) is 26.0 Å². The minimum absolute atomic E-state index is 0.0770. The number of hydrogen-bond donors (Lipinski definition) is 2. The van der Waals surface area contributed by atoms with Gasteiger partial charge in [0.1, 0.15) is 17.1 Å². The van der Waals surface area contributed by atoms with Gasteiger partial charge in [-0.15, -0.1) is 11.8 Å². The summed E-state index contributed by atoms with van der Waals surface area (Å²) in [6.45, 7) is 0. The highest BCUT2D eigenvalue weighted by Crippen LogP contribution is 2.29. The molecule has 0 fully saturated rings. The lowest BCUT2D eigenvalue weighted by Gasteiger charge is -2.13. The van der Waals surface area contributed by atoms with Gasteiger partial charge in [0.25, 0.3) is 5.91 Å². The molecule has 0 radical (unpaired) electrons. The van der Waals surface area contributed by atoms with Crippen LogP contribution in [0.3, 0.4) is 0 Å². The number of carbonyl (C=O) groups excluding carboxylic acids is 2. The highest BCUT2D eigenvalue weighted by molar-refractivity contribution is 8.00. The maximum absolute atomic E-state index is 12.7. The van der Waals surface area contributed by atoms with Crippen molar-refractivity contribution in [3.63, 3.8) is 0 Å². The first-order valence-electron chi connectivity index (χ1n) is 9.21. The average Bonchev–Trinajstić information content (AvgIpc) is 2.78. The number of hydrogen-bond acceptors (Lipinski definition) is 5. The van der Waals surface area contributed by atoms with Crippen LogP contribution in [0.25, 0.3) is 0 Å². The Balaban J connectivity index is 1.58. The molecule has 0 heterocycles. The molecule has 2 amide bonds. The van der Waals surface area contributed by atoms with Gasteiger partial charge in [0.05, 0.1) is 20.0 Å². The Labute approximate surface area is 179 Å². The van der Waals surface area contributed by atoms with Crippen LogP contribution in [-0.4, -0.2) is 31.8 Å². The molecule has 7 heteroatoms. The first kappa shape index (κ1) is 21.3. The van der Waals surface area contributed by atoms with Gasteiger partial charge in [-0.1, -0.05) is 24.3 Å². The molecular weight excluding hydrogens is 400 g/mol. The molecule has 0 bridgehead atoms. The number of benzene rings is 3. The summed E-state index contributed by atoms with van der Waals surface area (Å²) in [6.07, 6.45) is 0. The zero-order valence-corrected chi connectivity index (χ0v) is 17.5. The van der Waals surface area contributed by atoms with E-state index in [1.54, 1.807) is 30.3 Å². The maximum atomic E-state index is 12.7. The van der Waals surface area contributed by atoms with Gasteiger partial charge in [-0.2, -0.15) is 0 Å². The predicted molar refractivity (Wildman–Crippen MR) is 120 cm³/mol. The van der Waals surface area contributed by atoms with Crippen LogP contribution < -0.4 is 20.1 Å². The normalized spacial score (nSPS) is 10.2. The lowest BCUT2D eigenvalue weighted by Crippen LogP contribution is -2.14. The van der Waals surface area contributed by atoms with Crippen molar-refractivity contribution in [2.24, 2.45) is 0 Å². The first-order valence-corrected chi connectivity index (χ1v) is 10.2. The molecule has 2 N–H and O–H groups in total. The fraction of sp³-hybridized carbons (Fsp3) is 0.130. The molecule has 30 heavy (non-hydrogen) atoms. The highest BCUT2D eigenvalue weighted by atomic mass is 32.2. The molecule has 0 unspecified atom stereocenters. The van der Waals surface area contributed by atoms with Crippen molar-refractivity contribution in [1.82, 2.24) is 0 Å². The van der Waals surface area contributed by atoms with E-state index in [0.717, 1.165) is 10.6 Å². The third kappa shape index (κ3) is 5.55. The lowest BCUT2D eigenvalue weighted by molar-refractivity contribution is -0.113. The van der Waals surface area contributed by atoms with Gasteiger partial charge in [0, 0.05) is 16.3 Å². The Morgan fingerprint density at radius 2 is 1.37 bits per heavy atom. The van der Waals surface area contributed by atoms with E-state index in [-0.39, 0.29) is 11.8 Å². The van der Waals surface area contributed by atoms with E-state index in [4.69, 9.17) is 9.47 Å². The Morgan fingerprint density at radius 3 is 1.97 bits per heavy atom. The summed E-state index contributed by atoms with van der Waals surface area (Å²) in [4.78, 5) is 25.7. The number of carbonyl (C=O) groups is 2. The number of methoxy groups -OCH3 is 2. The predicted octanol–water partition coefficient (Wildman–Crippen LogP) is 4.69. The van der Waals surface area contributed by atoms with Gasteiger partial charge in [-0.3, -0.25) is 9.59 Å². The second-order valence-corrected chi connectivity index (χ2v) is 7.27. The zero-order chi connectivity index (χ0) is 21.3. The fourth-order valence-electron chi connectivity index (χ4n) is 2.77. The van der Waals surface area contributed by atoms with Crippen LogP contribution in [0.5, 0.6) is 11.5 Å². The van der Waals surface area contributed by atoms with E-state index < -0.39 is 0 Å². The van der Waals surface area contributed by atoms with Crippen molar-refractivity contribution in [1.29, 1.82) is 0 Å². The lowest BCUT2D eigenvalue weighted by atomic mass is 10.1. The summed E-state index contributed by atoms with van der Waals surface area (Å²) >= 11 is 1.42. The molecule has 0 atom stereocenters. The van der Waals surface area contributed by atoms with Crippen molar-refractivity contribution < 1.29 is 19.1 Å². The molecule has 0 aliphatic rings. The second kappa shape index (κ2) is 10.4. The number of ether oxygens (including phenoxy) is 2. The van der Waals surface area contributed by atoms with E-state index in [0.29, 0.717) is 28.5 Å². The van der Waals surface area contributed by atoms with E-state index in [2.05, 4.69) is 10.6 Å². The van der Waals surface area contributed by atoms with Crippen LogP contribution in [-0.2, 0) is 4.79 Å². The molecule has 3 aromatic rings. The Hall–Kier alpha value is -3.45. The molecule has 154 valence electrons. The zero-order valence-electron chi connectivity index (χ0n) is 16.7. The van der Waals surface area contributed by atoms with Crippen LogP contribution in [0.2, 0.25) is 0 Å². The summed E-state index contributed by atoms with van der Waals surface area (Å²) < 4.78 is 10.6.